The number of nitrogens with zero attached hydrogens (tertiary/aromatic N) is 3. The lowest BCUT2D eigenvalue weighted by atomic mass is 10.1. The second-order valence-corrected chi connectivity index (χ2v) is 8.00. The smallest absolute Gasteiger partial charge is 0.337 e. The first kappa shape index (κ1) is 22.5. The van der Waals surface area contributed by atoms with Crippen molar-refractivity contribution in [2.45, 2.75) is 6.54 Å². The molecule has 10 heteroatoms. The number of benzene rings is 2. The summed E-state index contributed by atoms with van der Waals surface area (Å²) in [7, 11) is 2.92. The van der Waals surface area contributed by atoms with Crippen molar-refractivity contribution >= 4 is 40.7 Å². The maximum Gasteiger partial charge on any atom is 0.337 e. The van der Waals surface area contributed by atoms with Crippen molar-refractivity contribution in [3.8, 4) is 5.75 Å². The van der Waals surface area contributed by atoms with Crippen LogP contribution in [-0.4, -0.2) is 66.7 Å². The third-order valence-corrected chi connectivity index (χ3v) is 6.08. The predicted octanol–water partition coefficient (Wildman–Crippen LogP) is 2.20. The number of amides is 1. The SMILES string of the molecule is COC(=O)c1ccc2c(=O)n(CC(=O)N3CCN(c4ccccc4OC)CC3)c(=S)[nH]c2c1. The number of nitrogens with one attached hydrogen (secondary N) is 1. The largest absolute Gasteiger partial charge is 0.495 e. The molecular formula is C23H24N4O5S. The number of aromatic amines is 1. The minimum absolute atomic E-state index is 0.121. The molecule has 1 aliphatic rings. The standard InChI is InChI=1S/C23H24N4O5S/c1-31-19-6-4-3-5-18(19)25-9-11-26(12-10-25)20(28)14-27-21(29)16-8-7-15(22(30)32-2)13-17(16)24-23(27)33/h3-8,13H,9-12,14H2,1-2H3,(H,24,33). The molecule has 0 aliphatic carbocycles. The van der Waals surface area contributed by atoms with Gasteiger partial charge in [0.1, 0.15) is 12.3 Å². The molecule has 1 fully saturated rings. The van der Waals surface area contributed by atoms with Crippen LogP contribution >= 0.6 is 12.2 Å². The lowest BCUT2D eigenvalue weighted by Gasteiger charge is -2.36. The monoisotopic (exact) mass is 468 g/mol. The van der Waals surface area contributed by atoms with Gasteiger partial charge in [0.2, 0.25) is 5.91 Å². The Hall–Kier alpha value is -3.66. The number of rotatable bonds is 5. The second-order valence-electron chi connectivity index (χ2n) is 7.61. The molecule has 0 bridgehead atoms. The molecule has 33 heavy (non-hydrogen) atoms. The van der Waals surface area contributed by atoms with Gasteiger partial charge in [0.15, 0.2) is 4.77 Å². The van der Waals surface area contributed by atoms with Crippen molar-refractivity contribution in [2.24, 2.45) is 0 Å². The molecule has 9 nitrogen and oxygen atoms in total. The average molecular weight is 469 g/mol. The van der Waals surface area contributed by atoms with Gasteiger partial charge < -0.3 is 24.3 Å². The molecule has 2 heterocycles. The van der Waals surface area contributed by atoms with Crippen LogP contribution in [0, 0.1) is 4.77 Å². The van der Waals surface area contributed by atoms with E-state index in [0.717, 1.165) is 11.4 Å². The van der Waals surface area contributed by atoms with Crippen molar-refractivity contribution in [3.63, 3.8) is 0 Å². The molecule has 2 aromatic carbocycles. The molecule has 1 N–H and O–H groups in total. The van der Waals surface area contributed by atoms with Crippen molar-refractivity contribution in [3.05, 3.63) is 63.2 Å². The Labute approximate surface area is 195 Å². The van der Waals surface area contributed by atoms with Gasteiger partial charge in [-0.3, -0.25) is 14.2 Å². The van der Waals surface area contributed by atoms with Crippen LogP contribution in [0.1, 0.15) is 10.4 Å². The molecule has 4 rings (SSSR count). The number of piperazine rings is 1. The summed E-state index contributed by atoms with van der Waals surface area (Å²) < 4.78 is 11.5. The fourth-order valence-corrected chi connectivity index (χ4v) is 4.22. The van der Waals surface area contributed by atoms with Crippen LogP contribution in [-0.2, 0) is 16.1 Å². The van der Waals surface area contributed by atoms with Gasteiger partial charge in [-0.2, -0.15) is 0 Å². The quantitative estimate of drug-likeness (QED) is 0.453. The number of aromatic nitrogens is 2. The zero-order chi connectivity index (χ0) is 23.5. The normalized spacial score (nSPS) is 13.8. The summed E-state index contributed by atoms with van der Waals surface area (Å²) in [5, 5.41) is 0.338. The molecule has 0 unspecified atom stereocenters. The summed E-state index contributed by atoms with van der Waals surface area (Å²) in [6, 6.07) is 12.3. The van der Waals surface area contributed by atoms with Crippen LogP contribution in [0.15, 0.2) is 47.3 Å². The zero-order valence-electron chi connectivity index (χ0n) is 18.4. The van der Waals surface area contributed by atoms with E-state index in [4.69, 9.17) is 21.7 Å². The Morgan fingerprint density at radius 1 is 1.06 bits per heavy atom. The lowest BCUT2D eigenvalue weighted by Crippen LogP contribution is -2.50. The van der Waals surface area contributed by atoms with Crippen LogP contribution in [0.4, 0.5) is 5.69 Å². The number of ether oxygens (including phenoxy) is 2. The fourth-order valence-electron chi connectivity index (χ4n) is 3.97. The third kappa shape index (κ3) is 4.47. The summed E-state index contributed by atoms with van der Waals surface area (Å²) >= 11 is 5.33. The van der Waals surface area contributed by atoms with Crippen LogP contribution in [0.3, 0.4) is 0 Å². The highest BCUT2D eigenvalue weighted by molar-refractivity contribution is 7.71. The molecule has 3 aromatic rings. The van der Waals surface area contributed by atoms with Gasteiger partial charge in [-0.25, -0.2) is 4.79 Å². The Balaban J connectivity index is 1.50. The predicted molar refractivity (Wildman–Crippen MR) is 127 cm³/mol. The Morgan fingerprint density at radius 3 is 2.48 bits per heavy atom. The number of anilines is 1. The van der Waals surface area contributed by atoms with Crippen molar-refractivity contribution in [2.75, 3.05) is 45.3 Å². The molecule has 1 saturated heterocycles. The molecule has 1 amide bonds. The highest BCUT2D eigenvalue weighted by Crippen LogP contribution is 2.28. The number of H-pyrrole nitrogens is 1. The lowest BCUT2D eigenvalue weighted by molar-refractivity contribution is -0.132. The summed E-state index contributed by atoms with van der Waals surface area (Å²) in [6.45, 7) is 2.21. The van der Waals surface area contributed by atoms with Crippen LogP contribution in [0.2, 0.25) is 0 Å². The van der Waals surface area contributed by atoms with E-state index in [1.807, 2.05) is 24.3 Å². The number of hydrogen-bond donors (Lipinski definition) is 1. The first-order valence-electron chi connectivity index (χ1n) is 10.4. The van der Waals surface area contributed by atoms with Gasteiger partial charge in [0.25, 0.3) is 5.56 Å². The van der Waals surface area contributed by atoms with Crippen molar-refractivity contribution in [1.82, 2.24) is 14.5 Å². The fraction of sp³-hybridized carbons (Fsp3) is 0.304. The van der Waals surface area contributed by atoms with E-state index in [0.29, 0.717) is 42.6 Å². The van der Waals surface area contributed by atoms with Crippen molar-refractivity contribution in [1.29, 1.82) is 0 Å². The molecule has 0 radical (unpaired) electrons. The van der Waals surface area contributed by atoms with Crippen LogP contribution in [0.5, 0.6) is 5.75 Å². The van der Waals surface area contributed by atoms with E-state index >= 15 is 0 Å². The number of fused-ring (bicyclic) bond motifs is 1. The first-order valence-corrected chi connectivity index (χ1v) is 10.8. The van der Waals surface area contributed by atoms with Gasteiger partial charge in [-0.05, 0) is 42.5 Å². The number of carbonyl (C=O) groups is 2. The van der Waals surface area contributed by atoms with E-state index in [1.165, 1.54) is 29.9 Å². The van der Waals surface area contributed by atoms with Crippen LogP contribution in [0.25, 0.3) is 10.9 Å². The van der Waals surface area contributed by atoms with Gasteiger partial charge in [-0.15, -0.1) is 0 Å². The summed E-state index contributed by atoms with van der Waals surface area (Å²) in [4.78, 5) is 44.6. The zero-order valence-corrected chi connectivity index (χ0v) is 19.2. The van der Waals surface area contributed by atoms with Gasteiger partial charge in [0, 0.05) is 26.2 Å². The number of methoxy groups -OCH3 is 2. The molecule has 1 aliphatic heterocycles. The van der Waals surface area contributed by atoms with E-state index in [2.05, 4.69) is 9.88 Å². The summed E-state index contributed by atoms with van der Waals surface area (Å²) in [5.74, 6) is 0.103. The first-order chi connectivity index (χ1) is 15.9. The number of carbonyl (C=O) groups excluding carboxylic acids is 2. The number of hydrogen-bond acceptors (Lipinski definition) is 7. The average Bonchev–Trinajstić information content (AvgIpc) is 2.85. The van der Waals surface area contributed by atoms with Gasteiger partial charge in [0.05, 0.1) is 36.4 Å². The number of esters is 1. The van der Waals surface area contributed by atoms with Gasteiger partial charge in [-0.1, -0.05) is 12.1 Å². The highest BCUT2D eigenvalue weighted by atomic mass is 32.1. The Morgan fingerprint density at radius 2 is 1.79 bits per heavy atom. The molecular weight excluding hydrogens is 444 g/mol. The molecule has 1 aromatic heterocycles. The Bertz CT molecular complexity index is 1320. The number of para-hydroxylation sites is 2. The second kappa shape index (κ2) is 9.45. The molecule has 0 atom stereocenters. The summed E-state index contributed by atoms with van der Waals surface area (Å²) in [5.41, 5.74) is 1.33. The summed E-state index contributed by atoms with van der Waals surface area (Å²) in [6.07, 6.45) is 0. The van der Waals surface area contributed by atoms with E-state index in [-0.39, 0.29) is 22.8 Å². The minimum Gasteiger partial charge on any atom is -0.495 e. The van der Waals surface area contributed by atoms with Crippen LogP contribution < -0.4 is 15.2 Å². The maximum atomic E-state index is 13.0. The van der Waals surface area contributed by atoms with E-state index < -0.39 is 5.97 Å². The Kier molecular flexibility index (Phi) is 6.45. The molecule has 0 saturated carbocycles. The molecule has 0 spiro atoms. The third-order valence-electron chi connectivity index (χ3n) is 5.75. The maximum absolute atomic E-state index is 13.0. The van der Waals surface area contributed by atoms with Gasteiger partial charge >= 0.3 is 5.97 Å². The van der Waals surface area contributed by atoms with E-state index in [9.17, 15) is 14.4 Å². The molecule has 172 valence electrons. The van der Waals surface area contributed by atoms with Crippen molar-refractivity contribution < 1.29 is 19.1 Å². The van der Waals surface area contributed by atoms with E-state index in [1.54, 1.807) is 12.0 Å². The topological polar surface area (TPSA) is 96.9 Å². The minimum atomic E-state index is -0.511. The highest BCUT2D eigenvalue weighted by Gasteiger charge is 2.24.